The summed E-state index contributed by atoms with van der Waals surface area (Å²) in [7, 11) is 0. The van der Waals surface area contributed by atoms with Crippen LogP contribution in [-0.2, 0) is 47.6 Å². The summed E-state index contributed by atoms with van der Waals surface area (Å²) in [6, 6.07) is -0.117. The number of alkyl carbamates (subject to hydrolysis) is 2. The molecule has 2 aliphatic rings. The van der Waals surface area contributed by atoms with Crippen LogP contribution in [0.1, 0.15) is 170 Å². The number of hydrogen-bond acceptors (Lipinski definition) is 12. The third-order valence-corrected chi connectivity index (χ3v) is 11.5. The maximum Gasteiger partial charge on any atom is 0.407 e. The molecule has 0 radical (unpaired) electrons. The van der Waals surface area contributed by atoms with Crippen molar-refractivity contribution < 1.29 is 57.2 Å². The maximum absolute atomic E-state index is 12.7. The zero-order valence-electron chi connectivity index (χ0n) is 38.0. The van der Waals surface area contributed by atoms with E-state index in [-0.39, 0.29) is 84.2 Å². The fourth-order valence-electron chi connectivity index (χ4n) is 9.63. The van der Waals surface area contributed by atoms with Crippen molar-refractivity contribution in [3.05, 3.63) is 12.7 Å². The van der Waals surface area contributed by atoms with Gasteiger partial charge in [0.1, 0.15) is 13.2 Å². The molecular formula is C46H78N2O12. The molecule has 0 aromatic rings. The monoisotopic (exact) mass is 851 g/mol. The van der Waals surface area contributed by atoms with Gasteiger partial charge in [0.2, 0.25) is 0 Å². The lowest BCUT2D eigenvalue weighted by molar-refractivity contribution is -0.146. The number of carbonyl (C=O) groups excluding carboxylic acids is 6. The SMILES string of the molecule is C=CC(=O)OCCOC(=O)NC1CC(C)(C)CC(C)(CCC(=O)OCCCCCCCCCCOC(=O)NC2CC(C)(C)CC(C)(CCC(=O)OCCCOC(C)=O)C2)C1. The van der Waals surface area contributed by atoms with Gasteiger partial charge in [0.05, 0.1) is 26.4 Å². The number of hydrogen-bond donors (Lipinski definition) is 2. The van der Waals surface area contributed by atoms with Crippen molar-refractivity contribution >= 4 is 36.1 Å². The van der Waals surface area contributed by atoms with E-state index in [1.54, 1.807) is 0 Å². The Morgan fingerprint density at radius 2 is 0.900 bits per heavy atom. The minimum absolute atomic E-state index is 0.00904. The Morgan fingerprint density at radius 1 is 0.517 bits per heavy atom. The molecule has 2 amide bonds. The molecule has 0 aliphatic heterocycles. The Hall–Kier alpha value is -3.84. The third kappa shape index (κ3) is 23.8. The molecule has 344 valence electrons. The second kappa shape index (κ2) is 26.5. The van der Waals surface area contributed by atoms with Gasteiger partial charge in [-0.25, -0.2) is 14.4 Å². The molecule has 2 saturated carbocycles. The zero-order chi connectivity index (χ0) is 44.7. The summed E-state index contributed by atoms with van der Waals surface area (Å²) in [6.07, 6.45) is 15.7. The van der Waals surface area contributed by atoms with Gasteiger partial charge >= 0.3 is 36.1 Å². The van der Waals surface area contributed by atoms with Gasteiger partial charge in [-0.05, 0) is 85.9 Å². The fourth-order valence-corrected chi connectivity index (χ4v) is 9.63. The Kier molecular flexibility index (Phi) is 23.1. The largest absolute Gasteiger partial charge is 0.466 e. The third-order valence-electron chi connectivity index (χ3n) is 11.5. The quantitative estimate of drug-likeness (QED) is 0.0347. The number of esters is 4. The number of nitrogens with one attached hydrogen (secondary N) is 2. The first-order valence-corrected chi connectivity index (χ1v) is 22.3. The van der Waals surface area contributed by atoms with Crippen molar-refractivity contribution in [1.82, 2.24) is 10.6 Å². The zero-order valence-corrected chi connectivity index (χ0v) is 38.0. The van der Waals surface area contributed by atoms with Gasteiger partial charge in [-0.1, -0.05) is 86.6 Å². The van der Waals surface area contributed by atoms with Gasteiger partial charge in [0.25, 0.3) is 0 Å². The topological polar surface area (TPSA) is 182 Å². The molecule has 0 aromatic carbocycles. The molecule has 2 N–H and O–H groups in total. The van der Waals surface area contributed by atoms with Crippen molar-refractivity contribution in [2.24, 2.45) is 21.7 Å². The first-order chi connectivity index (χ1) is 28.2. The molecule has 0 spiro atoms. The van der Waals surface area contributed by atoms with Crippen LogP contribution in [0.4, 0.5) is 9.59 Å². The minimum atomic E-state index is -0.566. The molecule has 0 heterocycles. The molecule has 0 bridgehead atoms. The van der Waals surface area contributed by atoms with Crippen LogP contribution in [0.25, 0.3) is 0 Å². The molecule has 60 heavy (non-hydrogen) atoms. The van der Waals surface area contributed by atoms with Crippen LogP contribution in [0, 0.1) is 21.7 Å². The highest BCUT2D eigenvalue weighted by Crippen LogP contribution is 2.49. The van der Waals surface area contributed by atoms with Gasteiger partial charge in [-0.15, -0.1) is 0 Å². The van der Waals surface area contributed by atoms with Crippen molar-refractivity contribution in [2.45, 2.75) is 183 Å². The smallest absolute Gasteiger partial charge is 0.407 e. The second-order valence-corrected chi connectivity index (χ2v) is 19.4. The van der Waals surface area contributed by atoms with E-state index < -0.39 is 12.1 Å². The Bertz CT molecular complexity index is 1380. The molecule has 2 aliphatic carbocycles. The predicted octanol–water partition coefficient (Wildman–Crippen LogP) is 9.06. The van der Waals surface area contributed by atoms with Crippen LogP contribution in [-0.4, -0.2) is 87.8 Å². The lowest BCUT2D eigenvalue weighted by Gasteiger charge is -2.46. The summed E-state index contributed by atoms with van der Waals surface area (Å²) in [4.78, 5) is 72.0. The van der Waals surface area contributed by atoms with Gasteiger partial charge in [0.15, 0.2) is 0 Å². The molecule has 0 aromatic heterocycles. The van der Waals surface area contributed by atoms with Crippen molar-refractivity contribution in [2.75, 3.05) is 39.6 Å². The molecule has 2 fully saturated rings. The van der Waals surface area contributed by atoms with Crippen LogP contribution in [0.15, 0.2) is 12.7 Å². The Balaban J connectivity index is 1.52. The first-order valence-electron chi connectivity index (χ1n) is 22.3. The van der Waals surface area contributed by atoms with E-state index in [0.29, 0.717) is 45.3 Å². The lowest BCUT2D eigenvalue weighted by atomic mass is 9.61. The summed E-state index contributed by atoms with van der Waals surface area (Å²) in [5.41, 5.74) is -0.262. The van der Waals surface area contributed by atoms with E-state index in [0.717, 1.165) is 96.0 Å². The summed E-state index contributed by atoms with van der Waals surface area (Å²) in [6.45, 7) is 19.0. The van der Waals surface area contributed by atoms with Gasteiger partial charge in [0, 0.05) is 44.3 Å². The number of unbranched alkanes of at least 4 members (excludes halogenated alkanes) is 7. The summed E-state index contributed by atoms with van der Waals surface area (Å²) in [5.74, 6) is -1.36. The van der Waals surface area contributed by atoms with Crippen LogP contribution >= 0.6 is 0 Å². The van der Waals surface area contributed by atoms with Gasteiger partial charge < -0.3 is 39.1 Å². The van der Waals surface area contributed by atoms with E-state index >= 15 is 0 Å². The fraction of sp³-hybridized carbons (Fsp3) is 0.826. The molecule has 4 unspecified atom stereocenters. The highest BCUT2D eigenvalue weighted by molar-refractivity contribution is 5.81. The van der Waals surface area contributed by atoms with E-state index in [9.17, 15) is 28.8 Å². The summed E-state index contributed by atoms with van der Waals surface area (Å²) >= 11 is 0. The number of ether oxygens (including phenoxy) is 6. The van der Waals surface area contributed by atoms with Gasteiger partial charge in [-0.2, -0.15) is 0 Å². The lowest BCUT2D eigenvalue weighted by Crippen LogP contribution is -2.47. The Morgan fingerprint density at radius 3 is 1.35 bits per heavy atom. The van der Waals surface area contributed by atoms with Crippen LogP contribution in [0.3, 0.4) is 0 Å². The average Bonchev–Trinajstić information content (AvgIpc) is 3.13. The molecule has 0 saturated heterocycles. The number of carbonyl (C=O) groups is 6. The first kappa shape index (κ1) is 52.3. The van der Waals surface area contributed by atoms with Crippen molar-refractivity contribution in [3.63, 3.8) is 0 Å². The standard InChI is InChI=1S/C46H78N2O12/c1-9-38(50)58-27-28-60-42(54)48-37-30-44(5,6)34-45(7,32-37)21-19-39(51)56-23-16-14-12-10-11-13-15-17-24-59-41(53)47-36-29-43(3,4)33-46(8,31-36)22-20-40(52)57-26-18-25-55-35(2)49/h9,36-37H,1,10-34H2,2-8H3,(H,47,53)(H,48,54). The number of rotatable bonds is 27. The van der Waals surface area contributed by atoms with E-state index in [1.807, 2.05) is 0 Å². The normalized spacial score (nSPS) is 23.0. The number of amides is 2. The summed E-state index contributed by atoms with van der Waals surface area (Å²) in [5, 5.41) is 6.04. The highest BCUT2D eigenvalue weighted by Gasteiger charge is 2.43. The van der Waals surface area contributed by atoms with Crippen molar-refractivity contribution in [1.29, 1.82) is 0 Å². The average molecular weight is 851 g/mol. The molecule has 14 heteroatoms. The maximum atomic E-state index is 12.7. The minimum Gasteiger partial charge on any atom is -0.466 e. The van der Waals surface area contributed by atoms with E-state index in [1.165, 1.54) is 6.92 Å². The predicted molar refractivity (Wildman–Crippen MR) is 228 cm³/mol. The second-order valence-electron chi connectivity index (χ2n) is 19.4. The molecule has 4 atom stereocenters. The Labute approximate surface area is 359 Å². The van der Waals surface area contributed by atoms with Crippen LogP contribution < -0.4 is 10.6 Å². The van der Waals surface area contributed by atoms with E-state index in [4.69, 9.17) is 28.4 Å². The summed E-state index contributed by atoms with van der Waals surface area (Å²) < 4.78 is 31.3. The van der Waals surface area contributed by atoms with Gasteiger partial charge in [-0.3, -0.25) is 14.4 Å². The molecular weight excluding hydrogens is 773 g/mol. The molecule has 2 rings (SSSR count). The van der Waals surface area contributed by atoms with Crippen LogP contribution in [0.5, 0.6) is 0 Å². The highest BCUT2D eigenvalue weighted by atomic mass is 16.6. The van der Waals surface area contributed by atoms with E-state index in [2.05, 4.69) is 58.8 Å². The van der Waals surface area contributed by atoms with Crippen molar-refractivity contribution in [3.8, 4) is 0 Å². The van der Waals surface area contributed by atoms with Crippen LogP contribution in [0.2, 0.25) is 0 Å². The molecule has 14 nitrogen and oxygen atoms in total.